The number of methoxy groups -OCH3 is 1. The topological polar surface area (TPSA) is 50.4 Å². The van der Waals surface area contributed by atoms with Gasteiger partial charge in [-0.2, -0.15) is 0 Å². The van der Waals surface area contributed by atoms with Crippen LogP contribution in [0.15, 0.2) is 22.7 Å². The minimum Gasteiger partial charge on any atom is -0.378 e. The first kappa shape index (κ1) is 13.5. The van der Waals surface area contributed by atoms with Gasteiger partial charge in [-0.1, -0.05) is 0 Å². The average Bonchev–Trinajstić information content (AvgIpc) is 2.79. The number of benzene rings is 1. The van der Waals surface area contributed by atoms with Crippen LogP contribution in [0.2, 0.25) is 0 Å². The molecule has 98 valence electrons. The molecule has 6 heteroatoms. The Morgan fingerprint density at radius 3 is 3.06 bits per heavy atom. The average molecular weight is 317 g/mol. The van der Waals surface area contributed by atoms with Gasteiger partial charge in [0.1, 0.15) is 5.82 Å². The number of nitrogens with one attached hydrogen (secondary N) is 2. The first-order valence-electron chi connectivity index (χ1n) is 5.61. The van der Waals surface area contributed by atoms with Crippen molar-refractivity contribution < 1.29 is 13.9 Å². The number of carbonyl (C=O) groups excluding carboxylic acids is 1. The van der Waals surface area contributed by atoms with E-state index in [-0.39, 0.29) is 23.6 Å². The summed E-state index contributed by atoms with van der Waals surface area (Å²) in [6, 6.07) is 3.93. The monoisotopic (exact) mass is 316 g/mol. The van der Waals surface area contributed by atoms with Crippen molar-refractivity contribution in [1.29, 1.82) is 0 Å². The largest absolute Gasteiger partial charge is 0.378 e. The molecule has 0 bridgehead atoms. The van der Waals surface area contributed by atoms with Crippen LogP contribution in [0.5, 0.6) is 0 Å². The van der Waals surface area contributed by atoms with Crippen LogP contribution in [0.1, 0.15) is 10.4 Å². The van der Waals surface area contributed by atoms with Crippen molar-refractivity contribution >= 4 is 21.8 Å². The standard InChI is InChI=1S/C12H14BrFN2O2/c1-18-11-6-15-5-10(11)16-12(17)8-4-7(14)2-3-9(8)13/h2-4,10-11,15H,5-6H2,1H3,(H,16,17)/t10?,11-/m1/s1. The maximum absolute atomic E-state index is 13.1. The van der Waals surface area contributed by atoms with Crippen LogP contribution < -0.4 is 10.6 Å². The predicted octanol–water partition coefficient (Wildman–Crippen LogP) is 1.30. The Labute approximate surface area is 113 Å². The van der Waals surface area contributed by atoms with Crippen molar-refractivity contribution in [2.24, 2.45) is 0 Å². The molecule has 1 aromatic rings. The van der Waals surface area contributed by atoms with E-state index in [1.807, 2.05) is 0 Å². The quantitative estimate of drug-likeness (QED) is 0.884. The van der Waals surface area contributed by atoms with E-state index >= 15 is 0 Å². The summed E-state index contributed by atoms with van der Waals surface area (Å²) in [5.74, 6) is -0.742. The van der Waals surface area contributed by atoms with E-state index in [4.69, 9.17) is 4.74 Å². The van der Waals surface area contributed by atoms with Gasteiger partial charge in [-0.15, -0.1) is 0 Å². The number of hydrogen-bond donors (Lipinski definition) is 2. The minimum atomic E-state index is -0.434. The number of ether oxygens (including phenoxy) is 1. The second kappa shape index (κ2) is 5.77. The van der Waals surface area contributed by atoms with E-state index in [0.29, 0.717) is 17.6 Å². The van der Waals surface area contributed by atoms with Crippen LogP contribution in [0.25, 0.3) is 0 Å². The highest BCUT2D eigenvalue weighted by atomic mass is 79.9. The molecule has 18 heavy (non-hydrogen) atoms. The van der Waals surface area contributed by atoms with E-state index in [0.717, 1.165) is 0 Å². The first-order chi connectivity index (χ1) is 8.61. The fraction of sp³-hybridized carbons (Fsp3) is 0.417. The molecule has 1 heterocycles. The highest BCUT2D eigenvalue weighted by Crippen LogP contribution is 2.18. The molecule has 1 fully saturated rings. The summed E-state index contributed by atoms with van der Waals surface area (Å²) in [6.45, 7) is 1.35. The molecule has 1 aliphatic heterocycles. The molecule has 2 N–H and O–H groups in total. The van der Waals surface area contributed by atoms with Crippen molar-refractivity contribution in [1.82, 2.24) is 10.6 Å². The van der Waals surface area contributed by atoms with Gasteiger partial charge >= 0.3 is 0 Å². The van der Waals surface area contributed by atoms with Crippen molar-refractivity contribution in [3.05, 3.63) is 34.1 Å². The highest BCUT2D eigenvalue weighted by Gasteiger charge is 2.28. The van der Waals surface area contributed by atoms with Gasteiger partial charge in [0, 0.05) is 24.7 Å². The van der Waals surface area contributed by atoms with E-state index in [1.165, 1.54) is 18.2 Å². The zero-order chi connectivity index (χ0) is 13.1. The Morgan fingerprint density at radius 1 is 1.56 bits per heavy atom. The van der Waals surface area contributed by atoms with Gasteiger partial charge in [0.15, 0.2) is 0 Å². The van der Waals surface area contributed by atoms with E-state index in [1.54, 1.807) is 7.11 Å². The summed E-state index contributed by atoms with van der Waals surface area (Å²) in [6.07, 6.45) is -0.0544. The first-order valence-corrected chi connectivity index (χ1v) is 6.40. The van der Waals surface area contributed by atoms with Crippen molar-refractivity contribution in [3.8, 4) is 0 Å². The third-order valence-corrected chi connectivity index (χ3v) is 3.64. The molecule has 2 atom stereocenters. The minimum absolute atomic E-state index is 0.0544. The number of rotatable bonds is 3. The van der Waals surface area contributed by atoms with Crippen molar-refractivity contribution in [2.45, 2.75) is 12.1 Å². The third-order valence-electron chi connectivity index (χ3n) is 2.95. The lowest BCUT2D eigenvalue weighted by Gasteiger charge is -2.18. The smallest absolute Gasteiger partial charge is 0.252 e. The fourth-order valence-electron chi connectivity index (χ4n) is 1.96. The fourth-order valence-corrected chi connectivity index (χ4v) is 2.39. The Morgan fingerprint density at radius 2 is 2.33 bits per heavy atom. The number of carbonyl (C=O) groups is 1. The molecular weight excluding hydrogens is 303 g/mol. The molecule has 2 rings (SSSR count). The molecule has 1 saturated heterocycles. The lowest BCUT2D eigenvalue weighted by molar-refractivity contribution is 0.0779. The van der Waals surface area contributed by atoms with Crippen LogP contribution in [0.4, 0.5) is 4.39 Å². The zero-order valence-corrected chi connectivity index (χ0v) is 11.5. The molecule has 0 aromatic heterocycles. The molecule has 0 aliphatic carbocycles. The molecule has 4 nitrogen and oxygen atoms in total. The molecule has 1 aliphatic rings. The third kappa shape index (κ3) is 2.88. The van der Waals surface area contributed by atoms with Gasteiger partial charge in [-0.05, 0) is 34.1 Å². The van der Waals surface area contributed by atoms with Gasteiger partial charge in [0.2, 0.25) is 0 Å². The Hall–Kier alpha value is -0.980. The Bertz CT molecular complexity index is 456. The van der Waals surface area contributed by atoms with Crippen LogP contribution in [-0.2, 0) is 4.74 Å². The van der Waals surface area contributed by atoms with Gasteiger partial charge < -0.3 is 15.4 Å². The SMILES string of the molecule is CO[C@@H]1CNCC1NC(=O)c1cc(F)ccc1Br. The molecular formula is C12H14BrFN2O2. The predicted molar refractivity (Wildman–Crippen MR) is 69.0 cm³/mol. The maximum atomic E-state index is 13.1. The van der Waals surface area contributed by atoms with Crippen molar-refractivity contribution in [3.63, 3.8) is 0 Å². The highest BCUT2D eigenvalue weighted by molar-refractivity contribution is 9.10. The molecule has 0 spiro atoms. The molecule has 1 amide bonds. The lowest BCUT2D eigenvalue weighted by Crippen LogP contribution is -2.43. The molecule has 1 unspecified atom stereocenters. The van der Waals surface area contributed by atoms with Crippen LogP contribution in [0.3, 0.4) is 0 Å². The van der Waals surface area contributed by atoms with Crippen molar-refractivity contribution in [2.75, 3.05) is 20.2 Å². The van der Waals surface area contributed by atoms with E-state index in [2.05, 4.69) is 26.6 Å². The lowest BCUT2D eigenvalue weighted by atomic mass is 10.1. The summed E-state index contributed by atoms with van der Waals surface area (Å²) in [5.41, 5.74) is 0.289. The normalized spacial score (nSPS) is 23.1. The summed E-state index contributed by atoms with van der Waals surface area (Å²) in [7, 11) is 1.61. The van der Waals surface area contributed by atoms with Crippen LogP contribution in [-0.4, -0.2) is 38.3 Å². The maximum Gasteiger partial charge on any atom is 0.252 e. The van der Waals surface area contributed by atoms with Gasteiger partial charge in [-0.25, -0.2) is 4.39 Å². The number of hydrogen-bond acceptors (Lipinski definition) is 3. The number of halogens is 2. The van der Waals surface area contributed by atoms with Crippen LogP contribution >= 0.6 is 15.9 Å². The Kier molecular flexibility index (Phi) is 4.31. The Balaban J connectivity index is 2.09. The second-order valence-corrected chi connectivity index (χ2v) is 4.99. The molecule has 0 radical (unpaired) electrons. The van der Waals surface area contributed by atoms with E-state index in [9.17, 15) is 9.18 Å². The molecule has 0 saturated carbocycles. The van der Waals surface area contributed by atoms with Gasteiger partial charge in [-0.3, -0.25) is 4.79 Å². The number of amides is 1. The molecule has 1 aromatic carbocycles. The van der Waals surface area contributed by atoms with Crippen LogP contribution in [0, 0.1) is 5.82 Å². The summed E-state index contributed by atoms with van der Waals surface area (Å²) in [4.78, 5) is 12.0. The van der Waals surface area contributed by atoms with E-state index < -0.39 is 5.82 Å². The summed E-state index contributed by atoms with van der Waals surface area (Å²) in [5, 5.41) is 5.97. The van der Waals surface area contributed by atoms with Gasteiger partial charge in [0.05, 0.1) is 17.7 Å². The summed E-state index contributed by atoms with van der Waals surface area (Å²) < 4.78 is 18.9. The van der Waals surface area contributed by atoms with Gasteiger partial charge in [0.25, 0.3) is 5.91 Å². The summed E-state index contributed by atoms with van der Waals surface area (Å²) >= 11 is 3.24. The zero-order valence-electron chi connectivity index (χ0n) is 9.87. The second-order valence-electron chi connectivity index (χ2n) is 4.14.